The van der Waals surface area contributed by atoms with Gasteiger partial charge in [-0.2, -0.15) is 0 Å². The third kappa shape index (κ3) is 0.594. The Kier molecular flexibility index (Phi) is 0.927. The molecule has 1 radical (unpaired) electrons. The normalized spacial score (nSPS) is 36.2. The Balaban J connectivity index is 2.17. The van der Waals surface area contributed by atoms with Crippen molar-refractivity contribution in [2.24, 2.45) is 5.92 Å². The van der Waals surface area contributed by atoms with Crippen LogP contribution in [-0.4, -0.2) is 0 Å². The molecule has 0 aliphatic heterocycles. The van der Waals surface area contributed by atoms with Gasteiger partial charge in [0.25, 0.3) is 0 Å². The first-order valence-electron chi connectivity index (χ1n) is 3.46. The minimum absolute atomic E-state index is 1.04. The second kappa shape index (κ2) is 1.61. The fraction of sp³-hybridized carbons (Fsp3) is 0.625. The summed E-state index contributed by atoms with van der Waals surface area (Å²) in [6.45, 7) is 0. The van der Waals surface area contributed by atoms with Crippen LogP contribution in [-0.2, 0) is 0 Å². The summed E-state index contributed by atoms with van der Waals surface area (Å²) < 4.78 is 0. The van der Waals surface area contributed by atoms with Gasteiger partial charge >= 0.3 is 0 Å². The van der Waals surface area contributed by atoms with Gasteiger partial charge in [0.1, 0.15) is 0 Å². The van der Waals surface area contributed by atoms with Crippen LogP contribution >= 0.6 is 0 Å². The first kappa shape index (κ1) is 4.60. The monoisotopic (exact) mass is 107 g/mol. The highest BCUT2D eigenvalue weighted by Gasteiger charge is 2.24. The lowest BCUT2D eigenvalue weighted by Gasteiger charge is -2.09. The molecule has 0 aromatic carbocycles. The molecule has 43 valence electrons. The zero-order valence-electron chi connectivity index (χ0n) is 5.06. The van der Waals surface area contributed by atoms with Gasteiger partial charge in [-0.1, -0.05) is 12.2 Å². The van der Waals surface area contributed by atoms with Crippen molar-refractivity contribution in [3.05, 3.63) is 18.1 Å². The molecule has 1 saturated carbocycles. The van der Waals surface area contributed by atoms with Gasteiger partial charge in [-0.3, -0.25) is 0 Å². The standard InChI is InChI=1S/C8H11/c1-2-7-4-5-8(3-1)6-7/h1-2,8H,3-6H2. The first-order valence-corrected chi connectivity index (χ1v) is 3.46. The van der Waals surface area contributed by atoms with E-state index < -0.39 is 0 Å². The zero-order valence-corrected chi connectivity index (χ0v) is 5.06. The summed E-state index contributed by atoms with van der Waals surface area (Å²) in [4.78, 5) is 0. The van der Waals surface area contributed by atoms with Crippen molar-refractivity contribution >= 4 is 0 Å². The molecule has 0 heteroatoms. The van der Waals surface area contributed by atoms with Crippen molar-refractivity contribution in [1.82, 2.24) is 0 Å². The quantitative estimate of drug-likeness (QED) is 0.445. The van der Waals surface area contributed by atoms with Gasteiger partial charge in [-0.05, 0) is 37.5 Å². The maximum Gasteiger partial charge on any atom is -0.00244 e. The van der Waals surface area contributed by atoms with Crippen molar-refractivity contribution in [3.8, 4) is 0 Å². The highest BCUT2D eigenvalue weighted by molar-refractivity contribution is 5.18. The summed E-state index contributed by atoms with van der Waals surface area (Å²) >= 11 is 0. The molecule has 0 saturated heterocycles. The van der Waals surface area contributed by atoms with E-state index in [4.69, 9.17) is 0 Å². The molecule has 0 aromatic heterocycles. The van der Waals surface area contributed by atoms with Crippen LogP contribution < -0.4 is 0 Å². The SMILES string of the molecule is C1=C[C]2CCC(C1)C2. The fourth-order valence-corrected chi connectivity index (χ4v) is 1.74. The molecule has 0 heterocycles. The minimum atomic E-state index is 1.04. The second-order valence-corrected chi connectivity index (χ2v) is 2.91. The Morgan fingerprint density at radius 2 is 2.50 bits per heavy atom. The molecule has 2 rings (SSSR count). The summed E-state index contributed by atoms with van der Waals surface area (Å²) in [5.41, 5.74) is 0. The molecule has 0 aromatic rings. The van der Waals surface area contributed by atoms with Gasteiger partial charge in [0.05, 0.1) is 0 Å². The van der Waals surface area contributed by atoms with Crippen LogP contribution in [0.1, 0.15) is 25.7 Å². The average Bonchev–Trinajstić information content (AvgIpc) is 2.12. The lowest BCUT2D eigenvalue weighted by Crippen LogP contribution is -1.95. The largest absolute Gasteiger partial charge is 0.0877 e. The van der Waals surface area contributed by atoms with E-state index in [2.05, 4.69) is 12.2 Å². The van der Waals surface area contributed by atoms with Gasteiger partial charge < -0.3 is 0 Å². The van der Waals surface area contributed by atoms with Crippen molar-refractivity contribution < 1.29 is 0 Å². The van der Waals surface area contributed by atoms with Gasteiger partial charge in [-0.25, -0.2) is 0 Å². The smallest absolute Gasteiger partial charge is 0.00244 e. The maximum atomic E-state index is 2.33. The maximum absolute atomic E-state index is 2.33. The lowest BCUT2D eigenvalue weighted by atomic mass is 9.96. The summed E-state index contributed by atoms with van der Waals surface area (Å²) in [6, 6.07) is 0. The molecular weight excluding hydrogens is 96.1 g/mol. The van der Waals surface area contributed by atoms with Gasteiger partial charge in [0.15, 0.2) is 0 Å². The predicted octanol–water partition coefficient (Wildman–Crippen LogP) is 2.32. The topological polar surface area (TPSA) is 0 Å². The van der Waals surface area contributed by atoms with Crippen molar-refractivity contribution in [2.75, 3.05) is 0 Å². The van der Waals surface area contributed by atoms with Crippen LogP contribution in [0.3, 0.4) is 0 Å². The molecule has 0 spiro atoms. The lowest BCUT2D eigenvalue weighted by molar-refractivity contribution is 0.556. The fourth-order valence-electron chi connectivity index (χ4n) is 1.74. The highest BCUT2D eigenvalue weighted by atomic mass is 14.3. The van der Waals surface area contributed by atoms with Crippen LogP contribution in [0, 0.1) is 11.8 Å². The van der Waals surface area contributed by atoms with E-state index in [0.29, 0.717) is 0 Å². The third-order valence-electron chi connectivity index (χ3n) is 2.25. The van der Waals surface area contributed by atoms with Crippen LogP contribution in [0.15, 0.2) is 12.2 Å². The summed E-state index contributed by atoms with van der Waals surface area (Å²) in [5.74, 6) is 2.73. The van der Waals surface area contributed by atoms with Gasteiger partial charge in [0, 0.05) is 0 Å². The van der Waals surface area contributed by atoms with Gasteiger partial charge in [0.2, 0.25) is 0 Å². The Morgan fingerprint density at radius 1 is 1.50 bits per heavy atom. The minimum Gasteiger partial charge on any atom is -0.0877 e. The molecule has 2 aliphatic rings. The van der Waals surface area contributed by atoms with Crippen molar-refractivity contribution in [2.45, 2.75) is 25.7 Å². The van der Waals surface area contributed by atoms with E-state index >= 15 is 0 Å². The number of hydrogen-bond acceptors (Lipinski definition) is 0. The average molecular weight is 107 g/mol. The number of allylic oxidation sites excluding steroid dienone is 2. The van der Waals surface area contributed by atoms with Crippen LogP contribution in [0.4, 0.5) is 0 Å². The van der Waals surface area contributed by atoms with Crippen molar-refractivity contribution in [3.63, 3.8) is 0 Å². The van der Waals surface area contributed by atoms with Crippen molar-refractivity contribution in [1.29, 1.82) is 0 Å². The molecule has 0 nitrogen and oxygen atoms in total. The molecule has 2 bridgehead atoms. The number of fused-ring (bicyclic) bond motifs is 2. The summed E-state index contributed by atoms with van der Waals surface area (Å²) in [6.07, 6.45) is 10.3. The van der Waals surface area contributed by atoms with E-state index in [1.165, 1.54) is 25.7 Å². The number of hydrogen-bond donors (Lipinski definition) is 0. The Bertz CT molecular complexity index is 113. The Labute approximate surface area is 50.6 Å². The molecule has 2 aliphatic carbocycles. The highest BCUT2D eigenvalue weighted by Crippen LogP contribution is 2.38. The van der Waals surface area contributed by atoms with E-state index in [1.54, 1.807) is 5.92 Å². The van der Waals surface area contributed by atoms with Crippen LogP contribution in [0.25, 0.3) is 0 Å². The molecule has 1 atom stereocenters. The molecule has 0 N–H and O–H groups in total. The second-order valence-electron chi connectivity index (χ2n) is 2.91. The molecule has 1 unspecified atom stereocenters. The van der Waals surface area contributed by atoms with E-state index in [-0.39, 0.29) is 0 Å². The molecule has 0 amide bonds. The van der Waals surface area contributed by atoms with Gasteiger partial charge in [-0.15, -0.1) is 0 Å². The van der Waals surface area contributed by atoms with E-state index in [1.807, 2.05) is 0 Å². The first-order chi connectivity index (χ1) is 3.95. The Hall–Kier alpha value is -0.260. The molecular formula is C8H11. The van der Waals surface area contributed by atoms with E-state index in [0.717, 1.165) is 5.92 Å². The Morgan fingerprint density at radius 3 is 3.25 bits per heavy atom. The summed E-state index contributed by atoms with van der Waals surface area (Å²) in [5, 5.41) is 0. The molecule has 8 heavy (non-hydrogen) atoms. The van der Waals surface area contributed by atoms with Crippen LogP contribution in [0.2, 0.25) is 0 Å². The third-order valence-corrected chi connectivity index (χ3v) is 2.25. The van der Waals surface area contributed by atoms with E-state index in [9.17, 15) is 0 Å². The number of rotatable bonds is 0. The molecule has 1 fully saturated rings. The van der Waals surface area contributed by atoms with Crippen LogP contribution in [0.5, 0.6) is 0 Å². The zero-order chi connectivity index (χ0) is 5.40. The summed E-state index contributed by atoms with van der Waals surface area (Å²) in [7, 11) is 0. The predicted molar refractivity (Wildman–Crippen MR) is 34.3 cm³/mol.